The molecule has 2 heteroatoms. The van der Waals surface area contributed by atoms with E-state index in [1.54, 1.807) is 12.4 Å². The van der Waals surface area contributed by atoms with E-state index in [2.05, 4.69) is 0 Å². The summed E-state index contributed by atoms with van der Waals surface area (Å²) in [6.07, 6.45) is 3.56. The first kappa shape index (κ1) is 4.38. The molecule has 3 radical (unpaired) electrons. The normalized spacial score (nSPS) is 8.71. The van der Waals surface area contributed by atoms with Gasteiger partial charge in [0.1, 0.15) is 12.4 Å². The summed E-state index contributed by atoms with van der Waals surface area (Å²) in [6, 6.07) is 5.67. The average molecular weight is 89.9 g/mol. The molecule has 0 bridgehead atoms. The van der Waals surface area contributed by atoms with Crippen LogP contribution in [0, 0.1) is 0 Å². The van der Waals surface area contributed by atoms with Crippen LogP contribution in [0.25, 0.3) is 0 Å². The van der Waals surface area contributed by atoms with Crippen LogP contribution in [0.2, 0.25) is 0 Å². The molecule has 0 aliphatic rings. The molecule has 0 saturated carbocycles. The van der Waals surface area contributed by atoms with Gasteiger partial charge in [-0.25, -0.2) is 0 Å². The Morgan fingerprint density at radius 3 is 1.86 bits per heavy atom. The first-order chi connectivity index (χ1) is 3.39. The number of aromatic nitrogens is 1. The maximum atomic E-state index is 5.27. The Bertz CT molecular complexity index is 138. The number of nitrogens with zero attached hydrogens (tertiary/aromatic N) is 1. The molecule has 0 amide bonds. The van der Waals surface area contributed by atoms with Gasteiger partial charge in [-0.3, -0.25) is 0 Å². The lowest BCUT2D eigenvalue weighted by atomic mass is 10.3. The quantitative estimate of drug-likeness (QED) is 0.392. The minimum atomic E-state index is 1.50. The molecule has 0 atom stereocenters. The van der Waals surface area contributed by atoms with E-state index in [0.29, 0.717) is 0 Å². The van der Waals surface area contributed by atoms with E-state index in [9.17, 15) is 0 Å². The SMILES string of the molecule is [B-][n+]1ccccc1. The van der Waals surface area contributed by atoms with Gasteiger partial charge in [0.15, 0.2) is 0 Å². The van der Waals surface area contributed by atoms with Gasteiger partial charge < -0.3 is 4.48 Å². The average Bonchev–Trinajstić information content (AvgIpc) is 1.69. The van der Waals surface area contributed by atoms with Crippen molar-refractivity contribution in [3.63, 3.8) is 0 Å². The molecule has 1 aromatic rings. The highest BCUT2D eigenvalue weighted by molar-refractivity contribution is 5.94. The van der Waals surface area contributed by atoms with Crippen LogP contribution in [0.3, 0.4) is 0 Å². The molecule has 1 heterocycles. The fraction of sp³-hybridized carbons (Fsp3) is 0. The molecule has 0 aromatic carbocycles. The van der Waals surface area contributed by atoms with Crippen molar-refractivity contribution in [1.82, 2.24) is 0 Å². The van der Waals surface area contributed by atoms with Crippen LogP contribution in [0.5, 0.6) is 0 Å². The van der Waals surface area contributed by atoms with E-state index in [1.165, 1.54) is 4.48 Å². The third-order valence-corrected chi connectivity index (χ3v) is 0.739. The van der Waals surface area contributed by atoms with Gasteiger partial charge in [0.2, 0.25) is 0 Å². The Kier molecular flexibility index (Phi) is 1.11. The van der Waals surface area contributed by atoms with Crippen molar-refractivity contribution in [2.45, 2.75) is 0 Å². The third-order valence-electron chi connectivity index (χ3n) is 0.739. The van der Waals surface area contributed by atoms with Crippen LogP contribution in [0.1, 0.15) is 0 Å². The van der Waals surface area contributed by atoms with Gasteiger partial charge >= 0.3 is 0 Å². The highest BCUT2D eigenvalue weighted by atomic mass is 14.8. The van der Waals surface area contributed by atoms with Crippen LogP contribution in [0.4, 0.5) is 0 Å². The topological polar surface area (TPSA) is 3.88 Å². The summed E-state index contributed by atoms with van der Waals surface area (Å²) in [6.45, 7) is 0. The van der Waals surface area contributed by atoms with Gasteiger partial charge in [0.05, 0.1) is 0 Å². The van der Waals surface area contributed by atoms with Gasteiger partial charge in [0, 0.05) is 0 Å². The summed E-state index contributed by atoms with van der Waals surface area (Å²) in [5.41, 5.74) is 0. The number of hydrogen-bond donors (Lipinski definition) is 0. The Labute approximate surface area is 44.0 Å². The summed E-state index contributed by atoms with van der Waals surface area (Å²) in [5, 5.41) is 0. The molecule has 0 saturated heterocycles. The molecule has 33 valence electrons. The van der Waals surface area contributed by atoms with Gasteiger partial charge in [-0.15, -0.1) is 7.98 Å². The van der Waals surface area contributed by atoms with Crippen LogP contribution >= 0.6 is 0 Å². The van der Waals surface area contributed by atoms with Crippen LogP contribution < -0.4 is 4.48 Å². The smallest absolute Gasteiger partial charge is 0.108 e. The Morgan fingerprint density at radius 1 is 1.00 bits per heavy atom. The van der Waals surface area contributed by atoms with Crippen molar-refractivity contribution in [3.05, 3.63) is 30.6 Å². The lowest BCUT2D eigenvalue weighted by molar-refractivity contribution is -0.521. The molecule has 0 spiro atoms. The van der Waals surface area contributed by atoms with Crippen molar-refractivity contribution in [2.75, 3.05) is 0 Å². The van der Waals surface area contributed by atoms with Crippen LogP contribution in [0.15, 0.2) is 30.6 Å². The second-order valence-corrected chi connectivity index (χ2v) is 1.32. The highest BCUT2D eigenvalue weighted by Gasteiger charge is 1.67. The summed E-state index contributed by atoms with van der Waals surface area (Å²) in [5.74, 6) is 0. The maximum absolute atomic E-state index is 5.27. The zero-order chi connectivity index (χ0) is 5.11. The molecular weight excluding hydrogens is 84.9 g/mol. The molecule has 7 heavy (non-hydrogen) atoms. The van der Waals surface area contributed by atoms with E-state index in [1.807, 2.05) is 18.2 Å². The van der Waals surface area contributed by atoms with Crippen LogP contribution in [-0.4, -0.2) is 7.98 Å². The van der Waals surface area contributed by atoms with Crippen molar-refractivity contribution in [1.29, 1.82) is 0 Å². The predicted molar refractivity (Wildman–Crippen MR) is 27.8 cm³/mol. The standard InChI is InChI=1S/C5H5BN/c6-7-4-2-1-3-5-7/h1-5H. The van der Waals surface area contributed by atoms with Gasteiger partial charge in [-0.05, 0) is 12.1 Å². The molecular formula is C5H5BN. The predicted octanol–water partition coefficient (Wildman–Crippen LogP) is -0.0943. The maximum Gasteiger partial charge on any atom is 0.108 e. The largest absolute Gasteiger partial charge is 0.516 e. The molecule has 0 aliphatic heterocycles. The first-order valence-electron chi connectivity index (χ1n) is 2.11. The van der Waals surface area contributed by atoms with Gasteiger partial charge in [0.25, 0.3) is 0 Å². The summed E-state index contributed by atoms with van der Waals surface area (Å²) in [4.78, 5) is 0. The monoisotopic (exact) mass is 90.1 g/mol. The van der Waals surface area contributed by atoms with Crippen molar-refractivity contribution in [2.24, 2.45) is 0 Å². The molecule has 1 nitrogen and oxygen atoms in total. The number of pyridine rings is 1. The number of hydrogen-bond acceptors (Lipinski definition) is 0. The van der Waals surface area contributed by atoms with E-state index in [0.717, 1.165) is 0 Å². The summed E-state index contributed by atoms with van der Waals surface area (Å²) in [7, 11) is 5.27. The minimum absolute atomic E-state index is 1.50. The minimum Gasteiger partial charge on any atom is -0.516 e. The Balaban J connectivity index is 3.02. The van der Waals surface area contributed by atoms with Crippen molar-refractivity contribution >= 4 is 7.98 Å². The number of rotatable bonds is 0. The highest BCUT2D eigenvalue weighted by Crippen LogP contribution is 1.71. The molecule has 0 aliphatic carbocycles. The summed E-state index contributed by atoms with van der Waals surface area (Å²) < 4.78 is 1.50. The fourth-order valence-corrected chi connectivity index (χ4v) is 0.412. The Hall–Kier alpha value is -0.785. The first-order valence-corrected chi connectivity index (χ1v) is 2.11. The molecule has 1 rings (SSSR count). The van der Waals surface area contributed by atoms with Crippen molar-refractivity contribution < 1.29 is 4.48 Å². The van der Waals surface area contributed by atoms with Crippen molar-refractivity contribution in [3.8, 4) is 0 Å². The second-order valence-electron chi connectivity index (χ2n) is 1.32. The Morgan fingerprint density at radius 2 is 1.57 bits per heavy atom. The zero-order valence-corrected chi connectivity index (χ0v) is 3.91. The second kappa shape index (κ2) is 1.78. The van der Waals surface area contributed by atoms with E-state index in [-0.39, 0.29) is 0 Å². The van der Waals surface area contributed by atoms with Crippen LogP contribution in [-0.2, 0) is 0 Å². The molecule has 0 unspecified atom stereocenters. The molecule has 0 N–H and O–H groups in total. The lowest BCUT2D eigenvalue weighted by Crippen LogP contribution is -2.28. The van der Waals surface area contributed by atoms with Gasteiger partial charge in [-0.1, -0.05) is 6.07 Å². The molecule has 0 fully saturated rings. The van der Waals surface area contributed by atoms with E-state index in [4.69, 9.17) is 7.98 Å². The van der Waals surface area contributed by atoms with E-state index < -0.39 is 0 Å². The van der Waals surface area contributed by atoms with Gasteiger partial charge in [-0.2, -0.15) is 0 Å². The third kappa shape index (κ3) is 1.04. The zero-order valence-electron chi connectivity index (χ0n) is 3.91. The fourth-order valence-electron chi connectivity index (χ4n) is 0.412. The van der Waals surface area contributed by atoms with E-state index >= 15 is 0 Å². The molecule has 1 aromatic heterocycles. The lowest BCUT2D eigenvalue weighted by Gasteiger charge is -1.94. The summed E-state index contributed by atoms with van der Waals surface area (Å²) >= 11 is 0.